The Labute approximate surface area is 124 Å². The van der Waals surface area contributed by atoms with Crippen LogP contribution in [0.25, 0.3) is 0 Å². The number of rotatable bonds is 4. The summed E-state index contributed by atoms with van der Waals surface area (Å²) in [6, 6.07) is 5.18. The lowest BCUT2D eigenvalue weighted by atomic mass is 9.94. The van der Waals surface area contributed by atoms with E-state index >= 15 is 0 Å². The summed E-state index contributed by atoms with van der Waals surface area (Å²) in [6.07, 6.45) is 4.26. The first-order valence-electron chi connectivity index (χ1n) is 7.22. The molecule has 0 unspecified atom stereocenters. The average Bonchev–Trinajstić information content (AvgIpc) is 2.86. The molecule has 1 fully saturated rings. The fraction of sp³-hybridized carbons (Fsp3) is 0.500. The van der Waals surface area contributed by atoms with Crippen molar-refractivity contribution in [2.45, 2.75) is 44.6 Å². The van der Waals surface area contributed by atoms with E-state index in [0.29, 0.717) is 23.2 Å². The van der Waals surface area contributed by atoms with Crippen LogP contribution in [0, 0.1) is 6.92 Å². The second kappa shape index (κ2) is 6.26. The third-order valence-corrected chi connectivity index (χ3v) is 4.13. The highest BCUT2D eigenvalue weighted by Gasteiger charge is 2.31. The quantitative estimate of drug-likeness (QED) is 0.834. The van der Waals surface area contributed by atoms with Gasteiger partial charge in [-0.1, -0.05) is 18.9 Å². The van der Waals surface area contributed by atoms with Crippen LogP contribution < -0.4 is 11.1 Å². The lowest BCUT2D eigenvalue weighted by Gasteiger charge is -2.23. The van der Waals surface area contributed by atoms with Crippen LogP contribution in [-0.2, 0) is 9.53 Å². The third kappa shape index (κ3) is 3.61. The number of benzene rings is 1. The van der Waals surface area contributed by atoms with Gasteiger partial charge in [-0.2, -0.15) is 0 Å². The van der Waals surface area contributed by atoms with Crippen LogP contribution in [0.1, 0.15) is 48.0 Å². The second-order valence-corrected chi connectivity index (χ2v) is 5.76. The SMILES string of the molecule is COC(=O)c1cccc(NC(=O)CC2(N)CCCC2)c1C. The van der Waals surface area contributed by atoms with Crippen molar-refractivity contribution in [3.63, 3.8) is 0 Å². The minimum Gasteiger partial charge on any atom is -0.465 e. The molecule has 1 aliphatic rings. The normalized spacial score (nSPS) is 16.5. The Kier molecular flexibility index (Phi) is 4.63. The minimum atomic E-state index is -0.408. The van der Waals surface area contributed by atoms with Crippen molar-refractivity contribution in [1.82, 2.24) is 0 Å². The van der Waals surface area contributed by atoms with Gasteiger partial charge in [0.15, 0.2) is 0 Å². The van der Waals surface area contributed by atoms with Gasteiger partial charge >= 0.3 is 5.97 Å². The Hall–Kier alpha value is -1.88. The molecular weight excluding hydrogens is 268 g/mol. The molecule has 5 nitrogen and oxygen atoms in total. The summed E-state index contributed by atoms with van der Waals surface area (Å²) < 4.78 is 4.73. The van der Waals surface area contributed by atoms with Crippen molar-refractivity contribution in [2.24, 2.45) is 5.73 Å². The lowest BCUT2D eigenvalue weighted by molar-refractivity contribution is -0.117. The molecule has 0 atom stereocenters. The van der Waals surface area contributed by atoms with Gasteiger partial charge < -0.3 is 15.8 Å². The summed E-state index contributed by atoms with van der Waals surface area (Å²) in [5.74, 6) is -0.515. The molecule has 0 heterocycles. The molecule has 1 aromatic carbocycles. The number of methoxy groups -OCH3 is 1. The minimum absolute atomic E-state index is 0.107. The van der Waals surface area contributed by atoms with Crippen LogP contribution in [0.5, 0.6) is 0 Å². The predicted molar refractivity (Wildman–Crippen MR) is 81.2 cm³/mol. The van der Waals surface area contributed by atoms with Crippen LogP contribution in [-0.4, -0.2) is 24.5 Å². The summed E-state index contributed by atoms with van der Waals surface area (Å²) >= 11 is 0. The second-order valence-electron chi connectivity index (χ2n) is 5.76. The van der Waals surface area contributed by atoms with Crippen LogP contribution in [0.15, 0.2) is 18.2 Å². The van der Waals surface area contributed by atoms with E-state index in [9.17, 15) is 9.59 Å². The summed E-state index contributed by atoms with van der Waals surface area (Å²) in [4.78, 5) is 23.8. The molecule has 1 aliphatic carbocycles. The molecule has 3 N–H and O–H groups in total. The summed E-state index contributed by atoms with van der Waals surface area (Å²) in [7, 11) is 1.34. The number of ether oxygens (including phenoxy) is 1. The molecule has 2 rings (SSSR count). The molecular formula is C16H22N2O3. The van der Waals surface area contributed by atoms with Crippen molar-refractivity contribution in [2.75, 3.05) is 12.4 Å². The monoisotopic (exact) mass is 290 g/mol. The van der Waals surface area contributed by atoms with Gasteiger partial charge in [-0.05, 0) is 37.5 Å². The number of hydrogen-bond acceptors (Lipinski definition) is 4. The zero-order valence-corrected chi connectivity index (χ0v) is 12.6. The molecule has 21 heavy (non-hydrogen) atoms. The van der Waals surface area contributed by atoms with Crippen molar-refractivity contribution in [1.29, 1.82) is 0 Å². The molecule has 1 amide bonds. The number of amides is 1. The van der Waals surface area contributed by atoms with E-state index in [1.807, 2.05) is 0 Å². The highest BCUT2D eigenvalue weighted by molar-refractivity contribution is 5.97. The Morgan fingerprint density at radius 1 is 1.33 bits per heavy atom. The molecule has 0 radical (unpaired) electrons. The Bertz CT molecular complexity index is 548. The predicted octanol–water partition coefficient (Wildman–Crippen LogP) is 2.38. The molecule has 0 bridgehead atoms. The van der Waals surface area contributed by atoms with Crippen LogP contribution in [0.4, 0.5) is 5.69 Å². The van der Waals surface area contributed by atoms with E-state index in [2.05, 4.69) is 5.32 Å². The van der Waals surface area contributed by atoms with Gasteiger partial charge in [0, 0.05) is 17.6 Å². The van der Waals surface area contributed by atoms with Crippen molar-refractivity contribution >= 4 is 17.6 Å². The number of esters is 1. The van der Waals surface area contributed by atoms with Crippen LogP contribution in [0.3, 0.4) is 0 Å². The first kappa shape index (κ1) is 15.5. The first-order chi connectivity index (χ1) is 9.95. The summed E-state index contributed by atoms with van der Waals surface area (Å²) in [5.41, 5.74) is 7.63. The molecule has 1 aromatic rings. The Morgan fingerprint density at radius 3 is 2.62 bits per heavy atom. The zero-order chi connectivity index (χ0) is 15.5. The maximum absolute atomic E-state index is 12.2. The van der Waals surface area contributed by atoms with E-state index < -0.39 is 5.97 Å². The maximum atomic E-state index is 12.2. The molecule has 0 aliphatic heterocycles. The fourth-order valence-electron chi connectivity index (χ4n) is 2.87. The van der Waals surface area contributed by atoms with Gasteiger partial charge in [-0.15, -0.1) is 0 Å². The molecule has 5 heteroatoms. The fourth-order valence-corrected chi connectivity index (χ4v) is 2.87. The lowest BCUT2D eigenvalue weighted by Crippen LogP contribution is -2.40. The molecule has 0 saturated heterocycles. The number of hydrogen-bond donors (Lipinski definition) is 2. The van der Waals surface area contributed by atoms with Crippen LogP contribution in [0.2, 0.25) is 0 Å². The Morgan fingerprint density at radius 2 is 2.00 bits per heavy atom. The van der Waals surface area contributed by atoms with Gasteiger partial charge in [0.05, 0.1) is 12.7 Å². The van der Waals surface area contributed by atoms with E-state index in [0.717, 1.165) is 25.7 Å². The third-order valence-electron chi connectivity index (χ3n) is 4.13. The average molecular weight is 290 g/mol. The number of carbonyl (C=O) groups is 2. The highest BCUT2D eigenvalue weighted by atomic mass is 16.5. The van der Waals surface area contributed by atoms with Gasteiger partial charge in [0.1, 0.15) is 0 Å². The topological polar surface area (TPSA) is 81.4 Å². The van der Waals surface area contributed by atoms with E-state index in [4.69, 9.17) is 10.5 Å². The first-order valence-corrected chi connectivity index (χ1v) is 7.22. The summed E-state index contributed by atoms with van der Waals surface area (Å²) in [5, 5.41) is 2.85. The Balaban J connectivity index is 2.09. The molecule has 1 saturated carbocycles. The highest BCUT2D eigenvalue weighted by Crippen LogP contribution is 2.30. The van der Waals surface area contributed by atoms with Crippen molar-refractivity contribution in [3.05, 3.63) is 29.3 Å². The maximum Gasteiger partial charge on any atom is 0.338 e. The number of nitrogens with two attached hydrogens (primary N) is 1. The molecule has 0 aromatic heterocycles. The number of nitrogens with one attached hydrogen (secondary N) is 1. The molecule has 0 spiro atoms. The largest absolute Gasteiger partial charge is 0.465 e. The van der Waals surface area contributed by atoms with E-state index in [1.165, 1.54) is 7.11 Å². The van der Waals surface area contributed by atoms with Gasteiger partial charge in [0.2, 0.25) is 5.91 Å². The van der Waals surface area contributed by atoms with E-state index in [-0.39, 0.29) is 11.4 Å². The van der Waals surface area contributed by atoms with Crippen molar-refractivity contribution < 1.29 is 14.3 Å². The van der Waals surface area contributed by atoms with Crippen molar-refractivity contribution in [3.8, 4) is 0 Å². The summed E-state index contributed by atoms with van der Waals surface area (Å²) in [6.45, 7) is 1.79. The number of carbonyl (C=O) groups excluding carboxylic acids is 2. The van der Waals surface area contributed by atoms with Gasteiger partial charge in [-0.3, -0.25) is 4.79 Å². The van der Waals surface area contributed by atoms with Gasteiger partial charge in [-0.25, -0.2) is 4.79 Å². The van der Waals surface area contributed by atoms with Crippen LogP contribution >= 0.6 is 0 Å². The number of anilines is 1. The smallest absolute Gasteiger partial charge is 0.338 e. The molecule has 114 valence electrons. The standard InChI is InChI=1S/C16H22N2O3/c1-11-12(15(20)21-2)6-5-7-13(11)18-14(19)10-16(17)8-3-4-9-16/h5-7H,3-4,8-10,17H2,1-2H3,(H,18,19). The van der Waals surface area contributed by atoms with Gasteiger partial charge in [0.25, 0.3) is 0 Å². The zero-order valence-electron chi connectivity index (χ0n) is 12.6. The van der Waals surface area contributed by atoms with E-state index in [1.54, 1.807) is 25.1 Å².